The van der Waals surface area contributed by atoms with Gasteiger partial charge in [0.1, 0.15) is 5.25 Å². The van der Waals surface area contributed by atoms with Gasteiger partial charge in [-0.15, -0.1) is 11.8 Å². The van der Waals surface area contributed by atoms with Crippen LogP contribution in [0.1, 0.15) is 19.8 Å². The Morgan fingerprint density at radius 3 is 3.19 bits per heavy atom. The maximum Gasteiger partial charge on any atom is 0.239 e. The molecule has 2 atom stereocenters. The van der Waals surface area contributed by atoms with Gasteiger partial charge in [0.15, 0.2) is 0 Å². The van der Waals surface area contributed by atoms with Gasteiger partial charge in [-0.1, -0.05) is 12.2 Å². The van der Waals surface area contributed by atoms with Gasteiger partial charge >= 0.3 is 0 Å². The number of allylic oxidation sites excluding steroid dienone is 4. The van der Waals surface area contributed by atoms with Gasteiger partial charge in [0.2, 0.25) is 5.91 Å². The second-order valence-electron chi connectivity index (χ2n) is 4.02. The predicted octanol–water partition coefficient (Wildman–Crippen LogP) is 1.86. The van der Waals surface area contributed by atoms with Gasteiger partial charge < -0.3 is 10.1 Å². The average Bonchev–Trinajstić information content (AvgIpc) is 2.31. The summed E-state index contributed by atoms with van der Waals surface area (Å²) in [6, 6.07) is 0. The lowest BCUT2D eigenvalue weighted by atomic mass is 10.1. The van der Waals surface area contributed by atoms with Crippen molar-refractivity contribution in [1.82, 2.24) is 5.32 Å². The van der Waals surface area contributed by atoms with E-state index in [4.69, 9.17) is 4.74 Å². The first-order valence-corrected chi connectivity index (χ1v) is 6.72. The summed E-state index contributed by atoms with van der Waals surface area (Å²) in [5.74, 6) is 0.986. The molecule has 16 heavy (non-hydrogen) atoms. The Balaban J connectivity index is 1.91. The minimum atomic E-state index is -0.0689. The molecule has 0 aromatic carbocycles. The largest absolute Gasteiger partial charge is 0.376 e. The van der Waals surface area contributed by atoms with E-state index in [1.807, 2.05) is 19.1 Å². The summed E-state index contributed by atoms with van der Waals surface area (Å²) >= 11 is 1.69. The molecule has 1 heterocycles. The summed E-state index contributed by atoms with van der Waals surface area (Å²) in [5.41, 5.74) is 1.02. The van der Waals surface area contributed by atoms with Crippen LogP contribution in [-0.2, 0) is 9.53 Å². The molecule has 2 rings (SSSR count). The lowest BCUT2D eigenvalue weighted by Gasteiger charge is -2.28. The van der Waals surface area contributed by atoms with E-state index in [1.165, 1.54) is 0 Å². The Hall–Kier alpha value is -0.740. The van der Waals surface area contributed by atoms with Crippen molar-refractivity contribution in [1.29, 1.82) is 0 Å². The Bertz CT molecular complexity index is 325. The first-order valence-electron chi connectivity index (χ1n) is 5.67. The Kier molecular flexibility index (Phi) is 4.07. The Labute approximate surface area is 100 Å². The highest BCUT2D eigenvalue weighted by Crippen LogP contribution is 2.23. The number of rotatable bonds is 2. The van der Waals surface area contributed by atoms with Gasteiger partial charge in [0.25, 0.3) is 0 Å². The van der Waals surface area contributed by atoms with Gasteiger partial charge in [-0.3, -0.25) is 4.79 Å². The van der Waals surface area contributed by atoms with Gasteiger partial charge in [-0.2, -0.15) is 0 Å². The number of ether oxygens (including phenoxy) is 1. The lowest BCUT2D eigenvalue weighted by Crippen LogP contribution is -2.42. The zero-order valence-corrected chi connectivity index (χ0v) is 10.3. The summed E-state index contributed by atoms with van der Waals surface area (Å²) < 4.78 is 5.49. The van der Waals surface area contributed by atoms with Crippen LogP contribution in [-0.4, -0.2) is 29.6 Å². The van der Waals surface area contributed by atoms with Crippen LogP contribution >= 0.6 is 11.8 Å². The number of carbonyl (C=O) groups is 1. The van der Waals surface area contributed by atoms with Crippen LogP contribution in [0.25, 0.3) is 0 Å². The van der Waals surface area contributed by atoms with Crippen LogP contribution in [0.15, 0.2) is 23.9 Å². The van der Waals surface area contributed by atoms with Crippen LogP contribution in [0.4, 0.5) is 0 Å². The number of nitrogens with one attached hydrogen (secondary N) is 1. The van der Waals surface area contributed by atoms with E-state index < -0.39 is 0 Å². The van der Waals surface area contributed by atoms with Gasteiger partial charge in [-0.25, -0.2) is 0 Å². The monoisotopic (exact) mass is 239 g/mol. The van der Waals surface area contributed by atoms with Crippen LogP contribution in [0, 0.1) is 0 Å². The van der Waals surface area contributed by atoms with Gasteiger partial charge in [0.05, 0.1) is 12.7 Å². The quantitative estimate of drug-likeness (QED) is 0.799. The van der Waals surface area contributed by atoms with Crippen molar-refractivity contribution in [2.45, 2.75) is 31.1 Å². The van der Waals surface area contributed by atoms with E-state index in [9.17, 15) is 4.79 Å². The second kappa shape index (κ2) is 5.55. The van der Waals surface area contributed by atoms with Crippen molar-refractivity contribution in [3.63, 3.8) is 0 Å². The van der Waals surface area contributed by atoms with Crippen LogP contribution in [0.2, 0.25) is 0 Å². The third-order valence-electron chi connectivity index (χ3n) is 2.74. The molecule has 1 N–H and O–H groups in total. The lowest BCUT2D eigenvalue weighted by molar-refractivity contribution is -0.122. The molecule has 2 aliphatic rings. The minimum absolute atomic E-state index is 0.0125. The fourth-order valence-electron chi connectivity index (χ4n) is 1.86. The molecular formula is C12H17NO2S. The molecule has 4 heteroatoms. The average molecular weight is 239 g/mol. The summed E-state index contributed by atoms with van der Waals surface area (Å²) in [5, 5.41) is 2.92. The molecular weight excluding hydrogens is 222 g/mol. The summed E-state index contributed by atoms with van der Waals surface area (Å²) in [4.78, 5) is 12.0. The number of amides is 1. The van der Waals surface area contributed by atoms with Crippen molar-refractivity contribution in [3.05, 3.63) is 23.9 Å². The Morgan fingerprint density at radius 2 is 2.50 bits per heavy atom. The van der Waals surface area contributed by atoms with Crippen LogP contribution < -0.4 is 5.32 Å². The molecule has 0 saturated carbocycles. The number of hydrogen-bond acceptors (Lipinski definition) is 3. The fraction of sp³-hybridized carbons (Fsp3) is 0.583. The smallest absolute Gasteiger partial charge is 0.239 e. The normalized spacial score (nSPS) is 29.7. The summed E-state index contributed by atoms with van der Waals surface area (Å²) in [6.07, 6.45) is 8.02. The molecule has 0 spiro atoms. The highest BCUT2D eigenvalue weighted by molar-refractivity contribution is 8.00. The van der Waals surface area contributed by atoms with E-state index in [1.54, 1.807) is 11.8 Å². The van der Waals surface area contributed by atoms with Gasteiger partial charge in [-0.05, 0) is 25.8 Å². The highest BCUT2D eigenvalue weighted by Gasteiger charge is 2.29. The first kappa shape index (κ1) is 11.7. The zero-order valence-electron chi connectivity index (χ0n) is 9.44. The molecule has 1 aliphatic heterocycles. The maximum absolute atomic E-state index is 12.0. The number of thioether (sulfide) groups is 1. The van der Waals surface area contributed by atoms with Crippen molar-refractivity contribution in [2.75, 3.05) is 12.4 Å². The number of hydrogen-bond donors (Lipinski definition) is 1. The fourth-order valence-corrected chi connectivity index (χ4v) is 2.86. The van der Waals surface area contributed by atoms with E-state index >= 15 is 0 Å². The molecule has 0 aromatic heterocycles. The van der Waals surface area contributed by atoms with Crippen molar-refractivity contribution in [2.24, 2.45) is 0 Å². The third kappa shape index (κ3) is 2.89. The Morgan fingerprint density at radius 1 is 1.62 bits per heavy atom. The zero-order chi connectivity index (χ0) is 11.4. The molecule has 1 aliphatic carbocycles. The molecule has 88 valence electrons. The highest BCUT2D eigenvalue weighted by atomic mass is 32.2. The second-order valence-corrected chi connectivity index (χ2v) is 5.26. The third-order valence-corrected chi connectivity index (χ3v) is 4.10. The predicted molar refractivity (Wildman–Crippen MR) is 66.3 cm³/mol. The van der Waals surface area contributed by atoms with E-state index in [2.05, 4.69) is 11.4 Å². The standard InChI is InChI=1S/C12H17NO2S/c1-9-11(16-8-7-15-9)12(14)13-10-5-3-2-4-6-10/h2-3,5,9,11H,4,6-8H2,1H3,(H,13,14). The van der Waals surface area contributed by atoms with E-state index in [0.717, 1.165) is 30.9 Å². The topological polar surface area (TPSA) is 38.3 Å². The van der Waals surface area contributed by atoms with Gasteiger partial charge in [0, 0.05) is 11.4 Å². The minimum Gasteiger partial charge on any atom is -0.376 e. The number of carbonyl (C=O) groups excluding carboxylic acids is 1. The summed E-state index contributed by atoms with van der Waals surface area (Å²) in [6.45, 7) is 2.71. The molecule has 3 nitrogen and oxygen atoms in total. The van der Waals surface area contributed by atoms with Crippen LogP contribution in [0.3, 0.4) is 0 Å². The van der Waals surface area contributed by atoms with Crippen molar-refractivity contribution < 1.29 is 9.53 Å². The molecule has 2 unspecified atom stereocenters. The maximum atomic E-state index is 12.0. The molecule has 1 amide bonds. The summed E-state index contributed by atoms with van der Waals surface area (Å²) in [7, 11) is 0. The van der Waals surface area contributed by atoms with Crippen LogP contribution in [0.5, 0.6) is 0 Å². The molecule has 1 fully saturated rings. The van der Waals surface area contributed by atoms with Crippen molar-refractivity contribution in [3.8, 4) is 0 Å². The molecule has 0 aromatic rings. The molecule has 0 bridgehead atoms. The first-order chi connectivity index (χ1) is 7.77. The molecule has 0 radical (unpaired) electrons. The van der Waals surface area contributed by atoms with Crippen molar-refractivity contribution >= 4 is 17.7 Å². The SMILES string of the molecule is CC1OCCSC1C(=O)NC1=CC=CCC1. The van der Waals surface area contributed by atoms with E-state index in [-0.39, 0.29) is 17.3 Å². The molecule has 1 saturated heterocycles. The van der Waals surface area contributed by atoms with E-state index in [0.29, 0.717) is 0 Å².